The molecule has 1 unspecified atom stereocenters. The summed E-state index contributed by atoms with van der Waals surface area (Å²) in [7, 11) is 1.77. The van der Waals surface area contributed by atoms with Gasteiger partial charge in [-0.05, 0) is 71.1 Å². The van der Waals surface area contributed by atoms with Gasteiger partial charge in [-0.1, -0.05) is 24.3 Å². The first-order chi connectivity index (χ1) is 15.8. The Balaban J connectivity index is 1.84. The zero-order valence-corrected chi connectivity index (χ0v) is 20.4. The zero-order valence-electron chi connectivity index (χ0n) is 20.4. The van der Waals surface area contributed by atoms with Gasteiger partial charge < -0.3 is 10.6 Å². The van der Waals surface area contributed by atoms with Gasteiger partial charge in [-0.2, -0.15) is 18.3 Å². The highest BCUT2D eigenvalue weighted by Crippen LogP contribution is 2.33. The van der Waals surface area contributed by atoms with Crippen molar-refractivity contribution in [2.45, 2.75) is 71.1 Å². The van der Waals surface area contributed by atoms with E-state index in [4.69, 9.17) is 0 Å². The largest absolute Gasteiger partial charge is 0.415 e. The highest BCUT2D eigenvalue weighted by Gasteiger charge is 2.35. The lowest BCUT2D eigenvalue weighted by Gasteiger charge is -2.40. The lowest BCUT2D eigenvalue weighted by atomic mass is 9.80. The molecule has 1 aromatic carbocycles. The minimum atomic E-state index is -4.51. The second kappa shape index (κ2) is 9.68. The van der Waals surface area contributed by atoms with Crippen LogP contribution in [0.1, 0.15) is 65.3 Å². The molecule has 0 radical (unpaired) electrons. The van der Waals surface area contributed by atoms with Gasteiger partial charge in [-0.25, -0.2) is 0 Å². The Labute approximate surface area is 199 Å². The lowest BCUT2D eigenvalue weighted by molar-refractivity contribution is -0.0878. The number of aryl methyl sites for hydroxylation is 4. The molecule has 1 aliphatic carbocycles. The van der Waals surface area contributed by atoms with E-state index in [-0.39, 0.29) is 11.9 Å². The maximum absolute atomic E-state index is 13.3. The minimum Gasteiger partial charge on any atom is -0.382 e. The van der Waals surface area contributed by atoms with E-state index in [1.807, 2.05) is 39.0 Å². The number of benzene rings is 1. The number of halogens is 3. The van der Waals surface area contributed by atoms with Gasteiger partial charge in [-0.15, -0.1) is 0 Å². The second-order valence-corrected chi connectivity index (χ2v) is 9.65. The lowest BCUT2D eigenvalue weighted by Crippen LogP contribution is -2.52. The third-order valence-corrected chi connectivity index (χ3v) is 6.38. The average Bonchev–Trinajstić information content (AvgIpc) is 3.06. The van der Waals surface area contributed by atoms with Crippen LogP contribution in [-0.2, 0) is 7.05 Å². The molecule has 34 heavy (non-hydrogen) atoms. The van der Waals surface area contributed by atoms with Crippen molar-refractivity contribution in [3.63, 3.8) is 0 Å². The van der Waals surface area contributed by atoms with E-state index in [0.29, 0.717) is 28.9 Å². The molecule has 2 N–H and O–H groups in total. The van der Waals surface area contributed by atoms with Crippen LogP contribution in [0.3, 0.4) is 0 Å². The number of allylic oxidation sites excluding steroid dienone is 2. The van der Waals surface area contributed by atoms with Crippen LogP contribution < -0.4 is 10.6 Å². The van der Waals surface area contributed by atoms with E-state index in [0.717, 1.165) is 36.5 Å². The van der Waals surface area contributed by atoms with Gasteiger partial charge in [0.2, 0.25) is 0 Å². The first kappa shape index (κ1) is 25.6. The van der Waals surface area contributed by atoms with Gasteiger partial charge in [0.15, 0.2) is 0 Å². The van der Waals surface area contributed by atoms with Crippen LogP contribution in [0.25, 0.3) is 5.70 Å². The molecule has 2 aromatic rings. The summed E-state index contributed by atoms with van der Waals surface area (Å²) in [5.41, 5.74) is 2.71. The van der Waals surface area contributed by atoms with E-state index >= 15 is 0 Å². The second-order valence-electron chi connectivity index (χ2n) is 9.65. The molecule has 1 heterocycles. The van der Waals surface area contributed by atoms with Crippen molar-refractivity contribution in [1.82, 2.24) is 20.4 Å². The Morgan fingerprint density at radius 1 is 1.26 bits per heavy atom. The average molecular weight is 475 g/mol. The van der Waals surface area contributed by atoms with Crippen LogP contribution in [-0.4, -0.2) is 33.4 Å². The van der Waals surface area contributed by atoms with Gasteiger partial charge in [-0.3, -0.25) is 9.48 Å². The van der Waals surface area contributed by atoms with Crippen LogP contribution >= 0.6 is 0 Å². The van der Waals surface area contributed by atoms with Crippen molar-refractivity contribution in [2.75, 3.05) is 0 Å². The summed E-state index contributed by atoms with van der Waals surface area (Å²) in [6, 6.07) is 5.61. The normalized spacial score (nSPS) is 21.3. The van der Waals surface area contributed by atoms with Crippen molar-refractivity contribution < 1.29 is 18.0 Å². The van der Waals surface area contributed by atoms with E-state index in [9.17, 15) is 18.0 Å². The summed E-state index contributed by atoms with van der Waals surface area (Å²) >= 11 is 0. The molecule has 0 bridgehead atoms. The molecule has 0 spiro atoms. The van der Waals surface area contributed by atoms with Crippen LogP contribution in [0, 0.1) is 20.8 Å². The summed E-state index contributed by atoms with van der Waals surface area (Å²) < 4.78 is 41.6. The third kappa shape index (κ3) is 6.10. The number of carbonyl (C=O) groups excluding carboxylic acids is 1. The Morgan fingerprint density at radius 3 is 2.59 bits per heavy atom. The van der Waals surface area contributed by atoms with E-state index < -0.39 is 17.3 Å². The zero-order chi connectivity index (χ0) is 25.3. The number of carbonyl (C=O) groups is 1. The molecule has 8 heteroatoms. The Bertz CT molecular complexity index is 1120. The first-order valence-electron chi connectivity index (χ1n) is 11.4. The number of amides is 1. The maximum Gasteiger partial charge on any atom is 0.415 e. The molecule has 5 nitrogen and oxygen atoms in total. The summed E-state index contributed by atoms with van der Waals surface area (Å²) in [4.78, 5) is 12.9. The fourth-order valence-electron chi connectivity index (χ4n) is 4.59. The van der Waals surface area contributed by atoms with Crippen LogP contribution in [0.2, 0.25) is 0 Å². The highest BCUT2D eigenvalue weighted by molar-refractivity contribution is 5.95. The van der Waals surface area contributed by atoms with E-state index in [1.165, 1.54) is 0 Å². The van der Waals surface area contributed by atoms with Crippen LogP contribution in [0.15, 0.2) is 42.6 Å². The topological polar surface area (TPSA) is 58.9 Å². The summed E-state index contributed by atoms with van der Waals surface area (Å²) in [5.74, 6) is -0.190. The molecule has 3 rings (SSSR count). The van der Waals surface area contributed by atoms with Gasteiger partial charge in [0.25, 0.3) is 5.91 Å². The van der Waals surface area contributed by atoms with Gasteiger partial charge >= 0.3 is 6.18 Å². The number of rotatable bonds is 6. The quantitative estimate of drug-likeness (QED) is 0.542. The van der Waals surface area contributed by atoms with Crippen molar-refractivity contribution in [2.24, 2.45) is 7.05 Å². The predicted molar refractivity (Wildman–Crippen MR) is 128 cm³/mol. The summed E-state index contributed by atoms with van der Waals surface area (Å²) in [6.07, 6.45) is 1.26. The summed E-state index contributed by atoms with van der Waals surface area (Å²) in [5, 5.41) is 10.7. The molecule has 1 aromatic heterocycles. The SMILES string of the molecule is C=C(/C=C(/N[C@H]1CCCC(C)(NC(=O)c2cn(C)nc2C)C1)c1cc(C)ccc1C)C(F)(F)F. The fraction of sp³-hybridized carbons (Fsp3) is 0.462. The Hall–Kier alpha value is -3.03. The van der Waals surface area contributed by atoms with Crippen molar-refractivity contribution in [1.29, 1.82) is 0 Å². The molecule has 2 atom stereocenters. The maximum atomic E-state index is 13.3. The first-order valence-corrected chi connectivity index (χ1v) is 11.4. The van der Waals surface area contributed by atoms with Gasteiger partial charge in [0.1, 0.15) is 0 Å². The van der Waals surface area contributed by atoms with Crippen LogP contribution in [0.4, 0.5) is 13.2 Å². The van der Waals surface area contributed by atoms with Crippen molar-refractivity contribution >= 4 is 11.6 Å². The summed E-state index contributed by atoms with van der Waals surface area (Å²) in [6.45, 7) is 10.8. The third-order valence-electron chi connectivity index (χ3n) is 6.38. The molecule has 184 valence electrons. The van der Waals surface area contributed by atoms with Gasteiger partial charge in [0, 0.05) is 36.1 Å². The molecule has 1 fully saturated rings. The number of alkyl halides is 3. The number of nitrogens with one attached hydrogen (secondary N) is 2. The number of nitrogens with zero attached hydrogens (tertiary/aromatic N) is 2. The highest BCUT2D eigenvalue weighted by atomic mass is 19.4. The van der Waals surface area contributed by atoms with Crippen molar-refractivity contribution in [3.05, 3.63) is 70.6 Å². The molecule has 1 aliphatic rings. The van der Waals surface area contributed by atoms with E-state index in [2.05, 4.69) is 22.3 Å². The monoisotopic (exact) mass is 474 g/mol. The standard InChI is InChI=1S/C26H33F3N4O/c1-16-9-10-17(2)21(12-16)23(13-18(3)26(27,28)29)30-20-8-7-11-25(5,14-20)31-24(34)22-15-33(6)32-19(22)4/h9-10,12-13,15,20,30H,3,7-8,11,14H2,1-2,4-6H3,(H,31,34)/b23-13+/t20-,25?/m0/s1. The fourth-order valence-corrected chi connectivity index (χ4v) is 4.59. The van der Waals surface area contributed by atoms with E-state index in [1.54, 1.807) is 24.9 Å². The number of aromatic nitrogens is 2. The molecule has 0 saturated heterocycles. The Kier molecular flexibility index (Phi) is 7.29. The molecule has 0 aliphatic heterocycles. The van der Waals surface area contributed by atoms with Crippen LogP contribution in [0.5, 0.6) is 0 Å². The van der Waals surface area contributed by atoms with Gasteiger partial charge in [0.05, 0.1) is 16.8 Å². The molecular weight excluding hydrogens is 441 g/mol. The van der Waals surface area contributed by atoms with Crippen molar-refractivity contribution in [3.8, 4) is 0 Å². The smallest absolute Gasteiger partial charge is 0.382 e. The number of hydrogen-bond acceptors (Lipinski definition) is 3. The predicted octanol–water partition coefficient (Wildman–Crippen LogP) is 5.53. The Morgan fingerprint density at radius 2 is 1.97 bits per heavy atom. The molecular formula is C26H33F3N4O. The number of hydrogen-bond donors (Lipinski definition) is 2. The minimum absolute atomic E-state index is 0.110. The molecule has 1 saturated carbocycles. The molecule has 1 amide bonds.